The van der Waals surface area contributed by atoms with E-state index in [4.69, 9.17) is 9.94 Å². The number of rotatable bonds is 13. The second kappa shape index (κ2) is 13.8. The Morgan fingerprint density at radius 3 is 2.31 bits per heavy atom. The van der Waals surface area contributed by atoms with Crippen LogP contribution in [-0.2, 0) is 14.4 Å². The molecule has 0 atom stereocenters. The first kappa shape index (κ1) is 26.7. The summed E-state index contributed by atoms with van der Waals surface area (Å²) in [4.78, 5) is 35.9. The summed E-state index contributed by atoms with van der Waals surface area (Å²) < 4.78 is 5.23. The van der Waals surface area contributed by atoms with E-state index in [1.54, 1.807) is 18.7 Å². The lowest BCUT2D eigenvalue weighted by Crippen LogP contribution is -2.26. The van der Waals surface area contributed by atoms with Crippen LogP contribution in [0.25, 0.3) is 17.7 Å². The fourth-order valence-corrected chi connectivity index (χ4v) is 3.50. The highest BCUT2D eigenvalue weighted by molar-refractivity contribution is 6.24. The fourth-order valence-electron chi connectivity index (χ4n) is 3.50. The van der Waals surface area contributed by atoms with Gasteiger partial charge in [-0.15, -0.1) is 0 Å². The highest BCUT2D eigenvalue weighted by Gasteiger charge is 2.25. The van der Waals surface area contributed by atoms with Gasteiger partial charge >= 0.3 is 0 Å². The van der Waals surface area contributed by atoms with Crippen LogP contribution in [0, 0.1) is 0 Å². The van der Waals surface area contributed by atoms with Gasteiger partial charge in [0.15, 0.2) is 0 Å². The molecule has 0 aromatic heterocycles. The smallest absolute Gasteiger partial charge is 0.252 e. The molecule has 36 heavy (non-hydrogen) atoms. The molecule has 190 valence electrons. The van der Waals surface area contributed by atoms with Crippen molar-refractivity contribution in [2.45, 2.75) is 44.6 Å². The number of nitrogens with one attached hydrogen (secondary N) is 3. The minimum Gasteiger partial charge on any atom is -0.497 e. The number of amides is 3. The van der Waals surface area contributed by atoms with Crippen LogP contribution in [0.3, 0.4) is 0 Å². The van der Waals surface area contributed by atoms with Crippen molar-refractivity contribution < 1.29 is 24.3 Å². The van der Waals surface area contributed by atoms with Gasteiger partial charge in [0.05, 0.1) is 7.11 Å². The van der Waals surface area contributed by atoms with Crippen LogP contribution in [-0.4, -0.2) is 42.6 Å². The van der Waals surface area contributed by atoms with Gasteiger partial charge in [-0.1, -0.05) is 42.8 Å². The molecule has 0 bridgehead atoms. The molecule has 8 nitrogen and oxygen atoms in total. The van der Waals surface area contributed by atoms with E-state index in [1.807, 2.05) is 54.6 Å². The van der Waals surface area contributed by atoms with Gasteiger partial charge in [0.1, 0.15) is 5.75 Å². The van der Waals surface area contributed by atoms with E-state index in [0.29, 0.717) is 18.5 Å². The van der Waals surface area contributed by atoms with Crippen LogP contribution in [0.15, 0.2) is 54.6 Å². The van der Waals surface area contributed by atoms with E-state index < -0.39 is 5.91 Å². The monoisotopic (exact) mass is 491 g/mol. The predicted molar refractivity (Wildman–Crippen MR) is 139 cm³/mol. The van der Waals surface area contributed by atoms with E-state index in [9.17, 15) is 14.4 Å². The molecule has 0 saturated heterocycles. The zero-order valence-corrected chi connectivity index (χ0v) is 20.5. The van der Waals surface area contributed by atoms with Gasteiger partial charge in [-0.25, -0.2) is 5.48 Å². The van der Waals surface area contributed by atoms with Crippen LogP contribution in [0.2, 0.25) is 0 Å². The molecule has 0 spiro atoms. The van der Waals surface area contributed by atoms with Crippen LogP contribution >= 0.6 is 0 Å². The fraction of sp³-hybridized carbons (Fsp3) is 0.321. The Hall–Kier alpha value is -3.91. The Kier molecular flexibility index (Phi) is 10.3. The normalized spacial score (nSPS) is 13.3. The lowest BCUT2D eigenvalue weighted by Gasteiger charge is -2.10. The second-order valence-electron chi connectivity index (χ2n) is 8.67. The Labute approximate surface area is 211 Å². The molecule has 3 amide bonds. The molecule has 0 radical (unpaired) electrons. The Bertz CT molecular complexity index is 1090. The molecule has 4 N–H and O–H groups in total. The molecule has 2 aromatic rings. The van der Waals surface area contributed by atoms with Crippen LogP contribution in [0.4, 0.5) is 0 Å². The average molecular weight is 492 g/mol. The molecule has 2 aromatic carbocycles. The Balaban J connectivity index is 1.56. The summed E-state index contributed by atoms with van der Waals surface area (Å²) in [5.41, 5.74) is 4.74. The summed E-state index contributed by atoms with van der Waals surface area (Å²) in [7, 11) is 1.61. The highest BCUT2D eigenvalue weighted by atomic mass is 16.5. The van der Waals surface area contributed by atoms with E-state index in [0.717, 1.165) is 48.1 Å². The third kappa shape index (κ3) is 9.03. The van der Waals surface area contributed by atoms with E-state index in [1.165, 1.54) is 6.08 Å². The van der Waals surface area contributed by atoms with Crippen molar-refractivity contribution in [1.82, 2.24) is 16.1 Å². The summed E-state index contributed by atoms with van der Waals surface area (Å²) in [5.74, 6) is 0.0421. The highest BCUT2D eigenvalue weighted by Crippen LogP contribution is 2.25. The minimum absolute atomic E-state index is 0.0972. The number of carbonyl (C=O) groups is 3. The van der Waals surface area contributed by atoms with Gasteiger partial charge < -0.3 is 15.4 Å². The molecular formula is C28H33N3O5. The van der Waals surface area contributed by atoms with E-state index in [-0.39, 0.29) is 24.3 Å². The van der Waals surface area contributed by atoms with Crippen molar-refractivity contribution in [2.24, 2.45) is 0 Å². The summed E-state index contributed by atoms with van der Waals surface area (Å²) in [6.45, 7) is 0.519. The third-order valence-electron chi connectivity index (χ3n) is 5.74. The Morgan fingerprint density at radius 1 is 0.972 bits per heavy atom. The van der Waals surface area contributed by atoms with Gasteiger partial charge in [-0.3, -0.25) is 19.6 Å². The number of hydrogen-bond donors (Lipinski definition) is 4. The molecule has 1 fully saturated rings. The summed E-state index contributed by atoms with van der Waals surface area (Å²) in [5, 5.41) is 14.3. The molecule has 3 rings (SSSR count). The number of carbonyl (C=O) groups excluding carboxylic acids is 3. The largest absolute Gasteiger partial charge is 0.497 e. The van der Waals surface area contributed by atoms with Crippen LogP contribution in [0.1, 0.15) is 55.2 Å². The topological polar surface area (TPSA) is 117 Å². The lowest BCUT2D eigenvalue weighted by molar-refractivity contribution is -0.129. The first-order chi connectivity index (χ1) is 17.5. The summed E-state index contributed by atoms with van der Waals surface area (Å²) >= 11 is 0. The average Bonchev–Trinajstić information content (AvgIpc) is 3.72. The van der Waals surface area contributed by atoms with Gasteiger partial charge in [0.25, 0.3) is 5.91 Å². The standard InChI is InChI=1S/C28H33N3O5/c1-36-24-15-11-22(12-16-24)25(28(34)30-23-13-14-23)19-21-8-6-20(7-9-21)10-17-26(32)29-18-4-2-3-5-27(33)31-35/h6-12,15-17,19,23,35H,2-5,13-14,18H2,1H3,(H,29,32)(H,30,34)(H,31,33)/b17-10+,25-19+. The number of methoxy groups -OCH3 is 1. The first-order valence-corrected chi connectivity index (χ1v) is 12.1. The third-order valence-corrected chi connectivity index (χ3v) is 5.74. The molecule has 8 heteroatoms. The van der Waals surface area contributed by atoms with Gasteiger partial charge in [0.2, 0.25) is 11.8 Å². The summed E-state index contributed by atoms with van der Waals surface area (Å²) in [6, 6.07) is 15.3. The molecule has 0 heterocycles. The minimum atomic E-state index is -0.401. The number of benzene rings is 2. The maximum absolute atomic E-state index is 12.9. The maximum atomic E-state index is 12.9. The SMILES string of the molecule is COc1ccc(/C(=C\c2ccc(/C=C/C(=O)NCCCCCC(=O)NO)cc2)C(=O)NC2CC2)cc1. The quantitative estimate of drug-likeness (QED) is 0.112. The van der Waals surface area contributed by atoms with Gasteiger partial charge in [-0.05, 0) is 66.7 Å². The van der Waals surface area contributed by atoms with E-state index >= 15 is 0 Å². The van der Waals surface area contributed by atoms with Crippen molar-refractivity contribution in [3.63, 3.8) is 0 Å². The Morgan fingerprint density at radius 2 is 1.67 bits per heavy atom. The second-order valence-corrected chi connectivity index (χ2v) is 8.67. The van der Waals surface area contributed by atoms with E-state index in [2.05, 4.69) is 10.6 Å². The number of ether oxygens (including phenoxy) is 1. The molecule has 1 aliphatic carbocycles. The maximum Gasteiger partial charge on any atom is 0.252 e. The molecule has 1 saturated carbocycles. The van der Waals surface area contributed by atoms with Crippen molar-refractivity contribution in [2.75, 3.05) is 13.7 Å². The van der Waals surface area contributed by atoms with Crippen LogP contribution in [0.5, 0.6) is 5.75 Å². The van der Waals surface area contributed by atoms with Crippen molar-refractivity contribution in [3.05, 3.63) is 71.3 Å². The first-order valence-electron chi connectivity index (χ1n) is 12.1. The molecule has 0 unspecified atom stereocenters. The van der Waals surface area contributed by atoms with Crippen molar-refractivity contribution in [3.8, 4) is 5.75 Å². The molecule has 1 aliphatic rings. The zero-order chi connectivity index (χ0) is 25.8. The predicted octanol–water partition coefficient (Wildman–Crippen LogP) is 3.71. The van der Waals surface area contributed by atoms with Gasteiger partial charge in [0, 0.05) is 30.7 Å². The summed E-state index contributed by atoms with van der Waals surface area (Å²) in [6.07, 6.45) is 9.56. The number of hydrogen-bond acceptors (Lipinski definition) is 5. The number of unbranched alkanes of at least 4 members (excludes halogenated alkanes) is 2. The lowest BCUT2D eigenvalue weighted by atomic mass is 10.0. The zero-order valence-electron chi connectivity index (χ0n) is 20.5. The van der Waals surface area contributed by atoms with Crippen molar-refractivity contribution >= 4 is 35.4 Å². The van der Waals surface area contributed by atoms with Crippen molar-refractivity contribution in [1.29, 1.82) is 0 Å². The number of hydroxylamine groups is 1. The molecular weight excluding hydrogens is 458 g/mol. The van der Waals surface area contributed by atoms with Crippen LogP contribution < -0.4 is 20.9 Å². The molecule has 0 aliphatic heterocycles. The van der Waals surface area contributed by atoms with Gasteiger partial charge in [-0.2, -0.15) is 0 Å².